The van der Waals surface area contributed by atoms with Crippen molar-refractivity contribution in [2.24, 2.45) is 5.92 Å². The largest absolute Gasteiger partial charge is 0.396 e. The van der Waals surface area contributed by atoms with E-state index >= 15 is 0 Å². The Balaban J connectivity index is 1.68. The van der Waals surface area contributed by atoms with Gasteiger partial charge in [-0.1, -0.05) is 12.5 Å². The van der Waals surface area contributed by atoms with E-state index in [0.29, 0.717) is 0 Å². The van der Waals surface area contributed by atoms with Crippen LogP contribution in [-0.2, 0) is 0 Å². The summed E-state index contributed by atoms with van der Waals surface area (Å²) in [6.45, 7) is 4.08. The highest BCUT2D eigenvalue weighted by Crippen LogP contribution is 2.25. The molecule has 24 heavy (non-hydrogen) atoms. The van der Waals surface area contributed by atoms with Crippen molar-refractivity contribution in [1.29, 1.82) is 0 Å². The van der Waals surface area contributed by atoms with Crippen molar-refractivity contribution in [3.8, 4) is 5.69 Å². The second-order valence-corrected chi connectivity index (χ2v) is 6.47. The molecule has 6 heteroatoms. The molecule has 1 aromatic heterocycles. The van der Waals surface area contributed by atoms with Gasteiger partial charge >= 0.3 is 6.03 Å². The third-order valence-corrected chi connectivity index (χ3v) is 4.57. The van der Waals surface area contributed by atoms with Crippen LogP contribution >= 0.6 is 0 Å². The summed E-state index contributed by atoms with van der Waals surface area (Å²) in [7, 11) is 0. The quantitative estimate of drug-likeness (QED) is 0.807. The fourth-order valence-corrected chi connectivity index (χ4v) is 3.39. The molecule has 2 atom stereocenters. The molecule has 128 valence electrons. The predicted octanol–water partition coefficient (Wildman–Crippen LogP) is 2.77. The summed E-state index contributed by atoms with van der Waals surface area (Å²) in [5.41, 5.74) is 3.63. The fourth-order valence-electron chi connectivity index (χ4n) is 3.39. The van der Waals surface area contributed by atoms with Crippen molar-refractivity contribution in [3.63, 3.8) is 0 Å². The van der Waals surface area contributed by atoms with E-state index in [9.17, 15) is 9.90 Å². The lowest BCUT2D eigenvalue weighted by molar-refractivity contribution is 0.203. The van der Waals surface area contributed by atoms with Gasteiger partial charge in [0.05, 0.1) is 11.4 Å². The number of hydrogen-bond donors (Lipinski definition) is 3. The van der Waals surface area contributed by atoms with Crippen LogP contribution in [-0.4, -0.2) is 33.6 Å². The van der Waals surface area contributed by atoms with E-state index in [2.05, 4.69) is 15.7 Å². The standard InChI is InChI=1S/C18H24N4O2/c1-12-9-13(2)22(21-12)16-7-4-6-15(10-16)19-18(24)20-17-8-3-5-14(17)11-23/h4,6-7,9-10,14,17,23H,3,5,8,11H2,1-2H3,(H2,19,20,24). The van der Waals surface area contributed by atoms with E-state index in [4.69, 9.17) is 0 Å². The van der Waals surface area contributed by atoms with Gasteiger partial charge in [0.25, 0.3) is 0 Å². The van der Waals surface area contributed by atoms with Crippen LogP contribution in [0, 0.1) is 19.8 Å². The van der Waals surface area contributed by atoms with Crippen molar-refractivity contribution >= 4 is 11.7 Å². The summed E-state index contributed by atoms with van der Waals surface area (Å²) in [4.78, 5) is 12.2. The van der Waals surface area contributed by atoms with Crippen molar-refractivity contribution in [2.75, 3.05) is 11.9 Å². The Hall–Kier alpha value is -2.34. The Morgan fingerprint density at radius 3 is 2.88 bits per heavy atom. The van der Waals surface area contributed by atoms with Crippen LogP contribution in [0.1, 0.15) is 30.7 Å². The number of aliphatic hydroxyl groups is 1. The number of carbonyl (C=O) groups is 1. The van der Waals surface area contributed by atoms with Crippen molar-refractivity contribution in [1.82, 2.24) is 15.1 Å². The lowest BCUT2D eigenvalue weighted by Gasteiger charge is -2.19. The Kier molecular flexibility index (Phi) is 4.85. The van der Waals surface area contributed by atoms with Gasteiger partial charge in [-0.05, 0) is 51.0 Å². The molecule has 1 aromatic carbocycles. The summed E-state index contributed by atoms with van der Waals surface area (Å²) in [5, 5.41) is 19.7. The number of aryl methyl sites for hydroxylation is 2. The molecule has 2 unspecified atom stereocenters. The van der Waals surface area contributed by atoms with Gasteiger partial charge in [0.15, 0.2) is 0 Å². The molecule has 1 saturated carbocycles. The number of benzene rings is 1. The molecule has 0 saturated heterocycles. The lowest BCUT2D eigenvalue weighted by Crippen LogP contribution is -2.41. The van der Waals surface area contributed by atoms with Crippen LogP contribution in [0.15, 0.2) is 30.3 Å². The Morgan fingerprint density at radius 2 is 2.17 bits per heavy atom. The van der Waals surface area contributed by atoms with Gasteiger partial charge in [0.2, 0.25) is 0 Å². The highest BCUT2D eigenvalue weighted by Gasteiger charge is 2.27. The normalized spacial score (nSPS) is 20.1. The van der Waals surface area contributed by atoms with Gasteiger partial charge in [-0.2, -0.15) is 5.10 Å². The molecule has 1 fully saturated rings. The third kappa shape index (κ3) is 3.59. The highest BCUT2D eigenvalue weighted by atomic mass is 16.3. The minimum Gasteiger partial charge on any atom is -0.396 e. The number of nitrogens with zero attached hydrogens (tertiary/aromatic N) is 2. The van der Waals surface area contributed by atoms with Crippen molar-refractivity contribution in [3.05, 3.63) is 41.7 Å². The third-order valence-electron chi connectivity index (χ3n) is 4.57. The topological polar surface area (TPSA) is 79.2 Å². The van der Waals surface area contributed by atoms with E-state index in [1.807, 2.05) is 48.9 Å². The Labute approximate surface area is 141 Å². The predicted molar refractivity (Wildman–Crippen MR) is 93.4 cm³/mol. The number of rotatable bonds is 4. The summed E-state index contributed by atoms with van der Waals surface area (Å²) >= 11 is 0. The van der Waals surface area contributed by atoms with Crippen LogP contribution in [0.25, 0.3) is 5.69 Å². The first-order chi connectivity index (χ1) is 11.6. The van der Waals surface area contributed by atoms with Gasteiger partial charge in [-0.25, -0.2) is 9.48 Å². The van der Waals surface area contributed by atoms with Gasteiger partial charge in [-0.3, -0.25) is 0 Å². The van der Waals surface area contributed by atoms with E-state index in [1.54, 1.807) is 0 Å². The molecular weight excluding hydrogens is 304 g/mol. The molecule has 0 aliphatic heterocycles. The monoisotopic (exact) mass is 328 g/mol. The number of nitrogens with one attached hydrogen (secondary N) is 2. The maximum atomic E-state index is 12.2. The zero-order valence-corrected chi connectivity index (χ0v) is 14.1. The number of aliphatic hydroxyl groups excluding tert-OH is 1. The van der Waals surface area contributed by atoms with E-state index in [1.165, 1.54) is 0 Å². The number of anilines is 1. The van der Waals surface area contributed by atoms with E-state index in [-0.39, 0.29) is 24.6 Å². The fraction of sp³-hybridized carbons (Fsp3) is 0.444. The van der Waals surface area contributed by atoms with Crippen LogP contribution in [0.3, 0.4) is 0 Å². The molecule has 2 aromatic rings. The molecule has 6 nitrogen and oxygen atoms in total. The SMILES string of the molecule is Cc1cc(C)n(-c2cccc(NC(=O)NC3CCCC3CO)c2)n1. The zero-order chi connectivity index (χ0) is 17.1. The second-order valence-electron chi connectivity index (χ2n) is 6.47. The van der Waals surface area contributed by atoms with Gasteiger partial charge < -0.3 is 15.7 Å². The molecule has 0 bridgehead atoms. The van der Waals surface area contributed by atoms with Crippen LogP contribution < -0.4 is 10.6 Å². The Bertz CT molecular complexity index is 726. The Morgan fingerprint density at radius 1 is 1.33 bits per heavy atom. The van der Waals surface area contributed by atoms with Gasteiger partial charge in [-0.15, -0.1) is 0 Å². The number of carbonyl (C=O) groups excluding carboxylic acids is 1. The first-order valence-corrected chi connectivity index (χ1v) is 8.39. The lowest BCUT2D eigenvalue weighted by atomic mass is 10.1. The minimum absolute atomic E-state index is 0.0502. The van der Waals surface area contributed by atoms with Gasteiger partial charge in [0, 0.05) is 29.9 Å². The number of aromatic nitrogens is 2. The molecule has 2 amide bonds. The average molecular weight is 328 g/mol. The number of urea groups is 1. The zero-order valence-electron chi connectivity index (χ0n) is 14.1. The van der Waals surface area contributed by atoms with Crippen LogP contribution in [0.4, 0.5) is 10.5 Å². The molecule has 1 aliphatic carbocycles. The average Bonchev–Trinajstić information content (AvgIpc) is 3.13. The summed E-state index contributed by atoms with van der Waals surface area (Å²) < 4.78 is 1.86. The molecule has 0 spiro atoms. The van der Waals surface area contributed by atoms with Crippen molar-refractivity contribution in [2.45, 2.75) is 39.2 Å². The maximum Gasteiger partial charge on any atom is 0.319 e. The minimum atomic E-state index is -0.231. The van der Waals surface area contributed by atoms with Crippen LogP contribution in [0.2, 0.25) is 0 Å². The molecule has 1 heterocycles. The van der Waals surface area contributed by atoms with E-state index in [0.717, 1.165) is 42.0 Å². The smallest absolute Gasteiger partial charge is 0.319 e. The van der Waals surface area contributed by atoms with Crippen molar-refractivity contribution < 1.29 is 9.90 Å². The molecule has 3 N–H and O–H groups in total. The molecule has 3 rings (SSSR count). The number of hydrogen-bond acceptors (Lipinski definition) is 3. The van der Waals surface area contributed by atoms with Gasteiger partial charge in [0.1, 0.15) is 0 Å². The second kappa shape index (κ2) is 7.05. The number of amides is 2. The first kappa shape index (κ1) is 16.5. The van der Waals surface area contributed by atoms with Crippen LogP contribution in [0.5, 0.6) is 0 Å². The maximum absolute atomic E-state index is 12.2. The van der Waals surface area contributed by atoms with E-state index < -0.39 is 0 Å². The summed E-state index contributed by atoms with van der Waals surface area (Å²) in [5.74, 6) is 0.164. The first-order valence-electron chi connectivity index (χ1n) is 8.39. The molecule has 1 aliphatic rings. The summed E-state index contributed by atoms with van der Waals surface area (Å²) in [6, 6.07) is 9.45. The highest BCUT2D eigenvalue weighted by molar-refractivity contribution is 5.89. The molecule has 0 radical (unpaired) electrons. The molecular formula is C18H24N4O2. The summed E-state index contributed by atoms with van der Waals surface area (Å²) in [6.07, 6.45) is 2.93.